The molecule has 96 valence electrons. The highest BCUT2D eigenvalue weighted by Crippen LogP contribution is 2.23. The van der Waals surface area contributed by atoms with Gasteiger partial charge in [0.15, 0.2) is 0 Å². The molecule has 1 aromatic rings. The van der Waals surface area contributed by atoms with E-state index in [1.165, 1.54) is 6.07 Å². The van der Waals surface area contributed by atoms with Gasteiger partial charge in [0, 0.05) is 12.1 Å². The molecular weight excluding hydrogens is 237 g/mol. The zero-order valence-corrected chi connectivity index (χ0v) is 11.7. The first-order valence-electron chi connectivity index (χ1n) is 6.10. The van der Waals surface area contributed by atoms with E-state index >= 15 is 0 Å². The highest BCUT2D eigenvalue weighted by Gasteiger charge is 2.15. The summed E-state index contributed by atoms with van der Waals surface area (Å²) in [7, 11) is 0. The number of halogens is 2. The predicted molar refractivity (Wildman–Crippen MR) is 72.0 cm³/mol. The van der Waals surface area contributed by atoms with Crippen LogP contribution in [0.25, 0.3) is 0 Å². The Morgan fingerprint density at radius 2 is 1.88 bits per heavy atom. The van der Waals surface area contributed by atoms with E-state index < -0.39 is 0 Å². The first-order valence-corrected chi connectivity index (χ1v) is 6.48. The summed E-state index contributed by atoms with van der Waals surface area (Å²) >= 11 is 5.95. The summed E-state index contributed by atoms with van der Waals surface area (Å²) in [6.07, 6.45) is 0.789. The van der Waals surface area contributed by atoms with Crippen LogP contribution >= 0.6 is 11.6 Å². The fourth-order valence-corrected chi connectivity index (χ4v) is 2.12. The Labute approximate surface area is 108 Å². The Bertz CT molecular complexity index is 365. The lowest BCUT2D eigenvalue weighted by Crippen LogP contribution is -2.37. The third kappa shape index (κ3) is 4.29. The largest absolute Gasteiger partial charge is 0.312 e. The van der Waals surface area contributed by atoms with Gasteiger partial charge >= 0.3 is 0 Å². The molecule has 1 aromatic carbocycles. The average molecular weight is 258 g/mol. The van der Waals surface area contributed by atoms with Crippen molar-refractivity contribution in [3.05, 3.63) is 34.6 Å². The van der Waals surface area contributed by atoms with Crippen LogP contribution in [0.5, 0.6) is 0 Å². The van der Waals surface area contributed by atoms with Gasteiger partial charge in [0.1, 0.15) is 5.82 Å². The Balaban J connectivity index is 2.67. The molecule has 0 heterocycles. The summed E-state index contributed by atoms with van der Waals surface area (Å²) in [5, 5.41) is 3.72. The monoisotopic (exact) mass is 257 g/mol. The van der Waals surface area contributed by atoms with Crippen molar-refractivity contribution >= 4 is 11.6 Å². The van der Waals surface area contributed by atoms with Gasteiger partial charge in [-0.1, -0.05) is 44.5 Å². The molecule has 0 fully saturated rings. The number of hydrogen-bond donors (Lipinski definition) is 1. The second kappa shape index (κ2) is 6.36. The number of rotatable bonds is 5. The minimum absolute atomic E-state index is 0.260. The minimum Gasteiger partial charge on any atom is -0.312 e. The quantitative estimate of drug-likeness (QED) is 0.839. The predicted octanol–water partition coefficient (Wildman–Crippen LogP) is 4.04. The van der Waals surface area contributed by atoms with Crippen molar-refractivity contribution in [2.24, 2.45) is 5.92 Å². The van der Waals surface area contributed by atoms with Crippen molar-refractivity contribution in [1.29, 1.82) is 0 Å². The normalized spacial score (nSPS) is 15.0. The standard InChI is InChI=1S/C14H21ClFN/c1-9(2)17-11(4)10(3)8-12-6-5-7-13(16)14(12)15/h5-7,9-11,17H,8H2,1-4H3. The lowest BCUT2D eigenvalue weighted by atomic mass is 9.94. The second-order valence-electron chi connectivity index (χ2n) is 5.00. The number of benzene rings is 1. The molecule has 0 saturated heterocycles. The van der Waals surface area contributed by atoms with Crippen LogP contribution in [0.4, 0.5) is 4.39 Å². The van der Waals surface area contributed by atoms with Crippen LogP contribution in [0.3, 0.4) is 0 Å². The molecule has 0 amide bonds. The summed E-state index contributed by atoms with van der Waals surface area (Å²) in [6, 6.07) is 5.84. The highest BCUT2D eigenvalue weighted by atomic mass is 35.5. The Kier molecular flexibility index (Phi) is 5.41. The van der Waals surface area contributed by atoms with Crippen molar-refractivity contribution in [2.45, 2.75) is 46.2 Å². The van der Waals surface area contributed by atoms with E-state index in [0.717, 1.165) is 12.0 Å². The molecule has 1 rings (SSSR count). The summed E-state index contributed by atoms with van der Waals surface area (Å²) in [6.45, 7) is 8.55. The van der Waals surface area contributed by atoms with Crippen LogP contribution in [0.1, 0.15) is 33.3 Å². The van der Waals surface area contributed by atoms with Crippen molar-refractivity contribution in [3.8, 4) is 0 Å². The van der Waals surface area contributed by atoms with E-state index in [4.69, 9.17) is 11.6 Å². The molecule has 0 bridgehead atoms. The molecule has 0 radical (unpaired) electrons. The lowest BCUT2D eigenvalue weighted by Gasteiger charge is -2.24. The van der Waals surface area contributed by atoms with Gasteiger partial charge in [-0.05, 0) is 30.9 Å². The summed E-state index contributed by atoms with van der Waals surface area (Å²) in [4.78, 5) is 0. The topological polar surface area (TPSA) is 12.0 Å². The number of hydrogen-bond acceptors (Lipinski definition) is 1. The van der Waals surface area contributed by atoms with Gasteiger partial charge in [-0.3, -0.25) is 0 Å². The van der Waals surface area contributed by atoms with Gasteiger partial charge in [0.2, 0.25) is 0 Å². The van der Waals surface area contributed by atoms with Crippen LogP contribution in [0.15, 0.2) is 18.2 Å². The Morgan fingerprint density at radius 1 is 1.24 bits per heavy atom. The van der Waals surface area contributed by atoms with E-state index in [1.807, 2.05) is 6.07 Å². The molecular formula is C14H21ClFN. The highest BCUT2D eigenvalue weighted by molar-refractivity contribution is 6.31. The molecule has 3 heteroatoms. The molecule has 0 saturated carbocycles. The molecule has 0 aliphatic rings. The second-order valence-corrected chi connectivity index (χ2v) is 5.38. The van der Waals surface area contributed by atoms with Crippen molar-refractivity contribution < 1.29 is 4.39 Å². The third-order valence-corrected chi connectivity index (χ3v) is 3.45. The summed E-state index contributed by atoms with van der Waals surface area (Å²) in [5.41, 5.74) is 0.886. The minimum atomic E-state index is -0.333. The van der Waals surface area contributed by atoms with E-state index in [2.05, 4.69) is 33.0 Å². The molecule has 17 heavy (non-hydrogen) atoms. The maximum Gasteiger partial charge on any atom is 0.142 e. The van der Waals surface area contributed by atoms with E-state index in [9.17, 15) is 4.39 Å². The fourth-order valence-electron chi connectivity index (χ4n) is 1.92. The van der Waals surface area contributed by atoms with Crippen LogP contribution < -0.4 is 5.32 Å². The fraction of sp³-hybridized carbons (Fsp3) is 0.571. The average Bonchev–Trinajstić information content (AvgIpc) is 2.23. The van der Waals surface area contributed by atoms with E-state index in [-0.39, 0.29) is 10.8 Å². The molecule has 0 aliphatic heterocycles. The molecule has 1 N–H and O–H groups in total. The maximum absolute atomic E-state index is 13.3. The van der Waals surface area contributed by atoms with Gasteiger partial charge in [0.05, 0.1) is 5.02 Å². The first kappa shape index (κ1) is 14.5. The van der Waals surface area contributed by atoms with Crippen LogP contribution in [0.2, 0.25) is 5.02 Å². The zero-order chi connectivity index (χ0) is 13.0. The zero-order valence-electron chi connectivity index (χ0n) is 10.9. The number of nitrogens with one attached hydrogen (secondary N) is 1. The van der Waals surface area contributed by atoms with Crippen LogP contribution in [0, 0.1) is 11.7 Å². The first-order chi connectivity index (χ1) is 7.91. The molecule has 0 spiro atoms. The van der Waals surface area contributed by atoms with Gasteiger partial charge in [-0.25, -0.2) is 4.39 Å². The summed E-state index contributed by atoms with van der Waals surface area (Å²) < 4.78 is 13.3. The smallest absolute Gasteiger partial charge is 0.142 e. The summed E-state index contributed by atoms with van der Waals surface area (Å²) in [5.74, 6) is 0.0811. The maximum atomic E-state index is 13.3. The Hall–Kier alpha value is -0.600. The molecule has 1 nitrogen and oxygen atoms in total. The van der Waals surface area contributed by atoms with E-state index in [0.29, 0.717) is 18.0 Å². The van der Waals surface area contributed by atoms with Crippen molar-refractivity contribution in [3.63, 3.8) is 0 Å². The van der Waals surface area contributed by atoms with Gasteiger partial charge in [-0.15, -0.1) is 0 Å². The van der Waals surface area contributed by atoms with Crippen LogP contribution in [-0.2, 0) is 6.42 Å². The van der Waals surface area contributed by atoms with Gasteiger partial charge in [0.25, 0.3) is 0 Å². The molecule has 2 unspecified atom stereocenters. The lowest BCUT2D eigenvalue weighted by molar-refractivity contribution is 0.371. The van der Waals surface area contributed by atoms with Crippen molar-refractivity contribution in [1.82, 2.24) is 5.32 Å². The molecule has 2 atom stereocenters. The van der Waals surface area contributed by atoms with Gasteiger partial charge in [-0.2, -0.15) is 0 Å². The Morgan fingerprint density at radius 3 is 2.47 bits per heavy atom. The molecule has 0 aromatic heterocycles. The third-order valence-electron chi connectivity index (χ3n) is 3.02. The van der Waals surface area contributed by atoms with Crippen molar-refractivity contribution in [2.75, 3.05) is 0 Å². The van der Waals surface area contributed by atoms with E-state index in [1.54, 1.807) is 6.07 Å². The van der Waals surface area contributed by atoms with Gasteiger partial charge < -0.3 is 5.32 Å². The SMILES string of the molecule is CC(C)NC(C)C(C)Cc1cccc(F)c1Cl. The molecule has 0 aliphatic carbocycles. The van der Waals surface area contributed by atoms with Crippen LogP contribution in [-0.4, -0.2) is 12.1 Å².